The van der Waals surface area contributed by atoms with Crippen LogP contribution in [0.1, 0.15) is 43.2 Å². The van der Waals surface area contributed by atoms with E-state index in [1.807, 2.05) is 6.07 Å². The molecule has 1 aromatic heterocycles. The molecule has 1 saturated heterocycles. The zero-order valence-electron chi connectivity index (χ0n) is 18.9. The van der Waals surface area contributed by atoms with Crippen LogP contribution in [0.3, 0.4) is 0 Å². The molecule has 0 bridgehead atoms. The van der Waals surface area contributed by atoms with Gasteiger partial charge < -0.3 is 15.5 Å². The van der Waals surface area contributed by atoms with Gasteiger partial charge in [-0.3, -0.25) is 9.69 Å². The molecule has 2 aromatic rings. The maximum Gasteiger partial charge on any atom is 0.246 e. The fourth-order valence-corrected chi connectivity index (χ4v) is 5.00. The molecule has 1 saturated carbocycles. The van der Waals surface area contributed by atoms with E-state index in [1.54, 1.807) is 4.90 Å². The molecule has 0 radical (unpaired) electrons. The third kappa shape index (κ3) is 4.85. The minimum Gasteiger partial charge on any atom is -0.363 e. The normalized spacial score (nSPS) is 21.1. The number of aromatic nitrogens is 2. The van der Waals surface area contributed by atoms with Crippen LogP contribution < -0.4 is 10.6 Å². The number of amides is 1. The fraction of sp³-hybridized carbons (Fsp3) is 0.480. The maximum absolute atomic E-state index is 14.5. The summed E-state index contributed by atoms with van der Waals surface area (Å²) in [6.07, 6.45) is 9.25. The van der Waals surface area contributed by atoms with Crippen molar-refractivity contribution in [1.29, 1.82) is 0 Å². The molecule has 0 spiro atoms. The second kappa shape index (κ2) is 9.47. The van der Waals surface area contributed by atoms with Crippen LogP contribution in [0.2, 0.25) is 0 Å². The minimum absolute atomic E-state index is 0.0684. The van der Waals surface area contributed by atoms with E-state index in [4.69, 9.17) is 0 Å². The molecule has 3 aliphatic rings. The summed E-state index contributed by atoms with van der Waals surface area (Å²) in [4.78, 5) is 24.8. The van der Waals surface area contributed by atoms with Crippen LogP contribution in [-0.4, -0.2) is 57.4 Å². The Bertz CT molecular complexity index is 1040. The molecule has 2 fully saturated rings. The van der Waals surface area contributed by atoms with Crippen molar-refractivity contribution in [1.82, 2.24) is 19.8 Å². The first-order valence-corrected chi connectivity index (χ1v) is 11.9. The number of nitrogens with zero attached hydrogens (tertiary/aromatic N) is 4. The summed E-state index contributed by atoms with van der Waals surface area (Å²) in [7, 11) is 0. The lowest BCUT2D eigenvalue weighted by Crippen LogP contribution is -2.44. The van der Waals surface area contributed by atoms with Crippen LogP contribution in [0.4, 0.5) is 21.8 Å². The van der Waals surface area contributed by atoms with E-state index in [9.17, 15) is 9.18 Å². The molecule has 174 valence electrons. The molecule has 5 rings (SSSR count). The van der Waals surface area contributed by atoms with Gasteiger partial charge in [0.1, 0.15) is 0 Å². The molecule has 1 aliphatic carbocycles. The molecular formula is C25H31FN6O. The summed E-state index contributed by atoms with van der Waals surface area (Å²) in [5.74, 6) is -0.107. The molecule has 0 unspecified atom stereocenters. The Morgan fingerprint density at radius 2 is 2.06 bits per heavy atom. The SMILES string of the molecule is C=CC(=O)N1CCC[C@@H](Nc2nc(Nc3ccc4c(c3)CN(C3CCC3)CC4)ncc2F)C1. The van der Waals surface area contributed by atoms with Crippen molar-refractivity contribution in [3.63, 3.8) is 0 Å². The first-order valence-electron chi connectivity index (χ1n) is 11.9. The second-order valence-electron chi connectivity index (χ2n) is 9.28. The Morgan fingerprint density at radius 1 is 1.18 bits per heavy atom. The molecule has 1 aromatic carbocycles. The lowest BCUT2D eigenvalue weighted by molar-refractivity contribution is -0.127. The first kappa shape index (κ1) is 21.8. The maximum atomic E-state index is 14.5. The van der Waals surface area contributed by atoms with Crippen LogP contribution >= 0.6 is 0 Å². The number of benzene rings is 1. The number of carbonyl (C=O) groups excluding carboxylic acids is 1. The standard InChI is InChI=1S/C25H31FN6O/c1-2-23(33)32-11-4-5-20(16-32)28-24-22(26)14-27-25(30-24)29-19-9-8-17-10-12-31(15-18(17)13-19)21-6-3-7-21/h2,8-9,13-14,20-21H,1,3-7,10-12,15-16H2,(H2,27,28,29,30)/t20-/m1/s1. The Balaban J connectivity index is 1.27. The van der Waals surface area contributed by atoms with E-state index in [0.717, 1.165) is 44.1 Å². The number of hydrogen-bond donors (Lipinski definition) is 2. The number of nitrogens with one attached hydrogen (secondary N) is 2. The number of rotatable bonds is 6. The van der Waals surface area contributed by atoms with E-state index < -0.39 is 5.82 Å². The summed E-state index contributed by atoms with van der Waals surface area (Å²) in [5.41, 5.74) is 3.64. The zero-order chi connectivity index (χ0) is 22.8. The highest BCUT2D eigenvalue weighted by molar-refractivity contribution is 5.87. The lowest BCUT2D eigenvalue weighted by atomic mass is 9.88. The van der Waals surface area contributed by atoms with E-state index in [-0.39, 0.29) is 17.8 Å². The van der Waals surface area contributed by atoms with E-state index >= 15 is 0 Å². The van der Waals surface area contributed by atoms with Crippen molar-refractivity contribution in [2.75, 3.05) is 30.3 Å². The number of carbonyl (C=O) groups is 1. The lowest BCUT2D eigenvalue weighted by Gasteiger charge is -2.40. The van der Waals surface area contributed by atoms with Gasteiger partial charge in [0.15, 0.2) is 11.6 Å². The number of halogens is 1. The van der Waals surface area contributed by atoms with Crippen molar-refractivity contribution in [3.05, 3.63) is 54.0 Å². The van der Waals surface area contributed by atoms with E-state index in [1.165, 1.54) is 42.7 Å². The van der Waals surface area contributed by atoms with Gasteiger partial charge in [0.25, 0.3) is 0 Å². The predicted octanol–water partition coefficient (Wildman–Crippen LogP) is 3.86. The highest BCUT2D eigenvalue weighted by Crippen LogP contribution is 2.31. The molecule has 8 heteroatoms. The van der Waals surface area contributed by atoms with Gasteiger partial charge >= 0.3 is 0 Å². The van der Waals surface area contributed by atoms with Crippen LogP contribution in [0.25, 0.3) is 0 Å². The van der Waals surface area contributed by atoms with Gasteiger partial charge in [-0.25, -0.2) is 9.37 Å². The van der Waals surface area contributed by atoms with E-state index in [0.29, 0.717) is 19.0 Å². The molecule has 3 heterocycles. The quantitative estimate of drug-likeness (QED) is 0.651. The van der Waals surface area contributed by atoms with Gasteiger partial charge in [-0.05, 0) is 61.4 Å². The summed E-state index contributed by atoms with van der Waals surface area (Å²) >= 11 is 0. The molecule has 7 nitrogen and oxygen atoms in total. The summed E-state index contributed by atoms with van der Waals surface area (Å²) < 4.78 is 14.5. The highest BCUT2D eigenvalue weighted by Gasteiger charge is 2.28. The van der Waals surface area contributed by atoms with Gasteiger partial charge in [-0.2, -0.15) is 4.98 Å². The van der Waals surface area contributed by atoms with Crippen LogP contribution in [0.15, 0.2) is 37.1 Å². The van der Waals surface area contributed by atoms with Crippen molar-refractivity contribution in [2.45, 2.75) is 57.2 Å². The Kier molecular flexibility index (Phi) is 6.26. The molecular weight excluding hydrogens is 419 g/mol. The largest absolute Gasteiger partial charge is 0.363 e. The summed E-state index contributed by atoms with van der Waals surface area (Å²) in [6, 6.07) is 7.05. The van der Waals surface area contributed by atoms with Crippen LogP contribution in [-0.2, 0) is 17.8 Å². The van der Waals surface area contributed by atoms with Crippen molar-refractivity contribution >= 4 is 23.4 Å². The minimum atomic E-state index is -0.505. The Hall–Kier alpha value is -3.00. The van der Waals surface area contributed by atoms with Crippen molar-refractivity contribution in [3.8, 4) is 0 Å². The number of anilines is 3. The fourth-order valence-electron chi connectivity index (χ4n) is 5.00. The van der Waals surface area contributed by atoms with Crippen molar-refractivity contribution < 1.29 is 9.18 Å². The summed E-state index contributed by atoms with van der Waals surface area (Å²) in [5, 5.41) is 6.41. The summed E-state index contributed by atoms with van der Waals surface area (Å²) in [6.45, 7) is 6.86. The van der Waals surface area contributed by atoms with Gasteiger partial charge in [0.05, 0.1) is 6.20 Å². The molecule has 1 atom stereocenters. The van der Waals surface area contributed by atoms with Crippen LogP contribution in [0.5, 0.6) is 0 Å². The monoisotopic (exact) mass is 450 g/mol. The smallest absolute Gasteiger partial charge is 0.246 e. The number of likely N-dealkylation sites (tertiary alicyclic amines) is 1. The van der Waals surface area contributed by atoms with E-state index in [2.05, 4.69) is 44.2 Å². The Labute approximate surface area is 194 Å². The molecule has 2 N–H and O–H groups in total. The molecule has 2 aliphatic heterocycles. The third-order valence-corrected chi connectivity index (χ3v) is 7.09. The zero-order valence-corrected chi connectivity index (χ0v) is 18.9. The second-order valence-corrected chi connectivity index (χ2v) is 9.28. The third-order valence-electron chi connectivity index (χ3n) is 7.09. The van der Waals surface area contributed by atoms with Gasteiger partial charge in [0, 0.05) is 44.0 Å². The first-order chi connectivity index (χ1) is 16.1. The van der Waals surface area contributed by atoms with Gasteiger partial charge in [-0.15, -0.1) is 0 Å². The van der Waals surface area contributed by atoms with Gasteiger partial charge in [-0.1, -0.05) is 19.1 Å². The van der Waals surface area contributed by atoms with Crippen molar-refractivity contribution in [2.24, 2.45) is 0 Å². The predicted molar refractivity (Wildman–Crippen MR) is 127 cm³/mol. The highest BCUT2D eigenvalue weighted by atomic mass is 19.1. The molecule has 33 heavy (non-hydrogen) atoms. The number of fused-ring (bicyclic) bond motifs is 1. The molecule has 1 amide bonds. The average molecular weight is 451 g/mol. The average Bonchev–Trinajstić information content (AvgIpc) is 2.79. The van der Waals surface area contributed by atoms with Gasteiger partial charge in [0.2, 0.25) is 11.9 Å². The Morgan fingerprint density at radius 3 is 2.85 bits per heavy atom. The number of piperidine rings is 1. The van der Waals surface area contributed by atoms with Crippen LogP contribution in [0, 0.1) is 5.82 Å². The number of hydrogen-bond acceptors (Lipinski definition) is 6. The topological polar surface area (TPSA) is 73.4 Å².